The summed E-state index contributed by atoms with van der Waals surface area (Å²) in [5.41, 5.74) is 1.93. The Labute approximate surface area is 125 Å². The molecule has 4 rings (SSSR count). The average Bonchev–Trinajstić information content (AvgIpc) is 3.15. The molecule has 0 bridgehead atoms. The fourth-order valence-corrected chi connectivity index (χ4v) is 2.80. The van der Waals surface area contributed by atoms with E-state index in [9.17, 15) is 0 Å². The third kappa shape index (κ3) is 2.55. The predicted molar refractivity (Wildman–Crippen MR) is 85.9 cm³/mol. The van der Waals surface area contributed by atoms with Gasteiger partial charge >= 0.3 is 0 Å². The van der Waals surface area contributed by atoms with Gasteiger partial charge in [-0.05, 0) is 18.2 Å². The molecule has 0 spiro atoms. The van der Waals surface area contributed by atoms with E-state index >= 15 is 0 Å². The number of benzene rings is 1. The molecule has 0 atom stereocenters. The quantitative estimate of drug-likeness (QED) is 0.589. The van der Waals surface area contributed by atoms with Crippen molar-refractivity contribution in [2.75, 3.05) is 5.32 Å². The molecule has 1 aromatic carbocycles. The smallest absolute Gasteiger partial charge is 0.228 e. The number of nitrogens with zero attached hydrogens (tertiary/aromatic N) is 4. The molecule has 0 amide bonds. The molecule has 0 saturated carbocycles. The molecule has 4 aromatic rings. The number of anilines is 2. The van der Waals surface area contributed by atoms with Crippen LogP contribution in [0.3, 0.4) is 0 Å². The van der Waals surface area contributed by atoms with Crippen molar-refractivity contribution < 1.29 is 0 Å². The van der Waals surface area contributed by atoms with E-state index in [2.05, 4.69) is 30.5 Å². The van der Waals surface area contributed by atoms with E-state index in [4.69, 9.17) is 0 Å². The van der Waals surface area contributed by atoms with Crippen molar-refractivity contribution in [3.05, 3.63) is 36.8 Å². The van der Waals surface area contributed by atoms with E-state index in [0.29, 0.717) is 5.95 Å². The molecular formula is C14H14N6S. The Kier molecular flexibility index (Phi) is 3.74. The van der Waals surface area contributed by atoms with Gasteiger partial charge in [-0.15, -0.1) is 0 Å². The van der Waals surface area contributed by atoms with Crippen LogP contribution in [0.25, 0.3) is 21.1 Å². The van der Waals surface area contributed by atoms with Crippen LogP contribution < -0.4 is 5.32 Å². The lowest BCUT2D eigenvalue weighted by molar-refractivity contribution is 1.12. The normalized spacial score (nSPS) is 10.4. The molecule has 0 aliphatic rings. The van der Waals surface area contributed by atoms with E-state index in [1.165, 1.54) is 0 Å². The van der Waals surface area contributed by atoms with Crippen LogP contribution >= 0.6 is 11.3 Å². The first-order chi connectivity index (χ1) is 10.4. The third-order valence-electron chi connectivity index (χ3n) is 2.76. The molecular weight excluding hydrogens is 284 g/mol. The van der Waals surface area contributed by atoms with Crippen molar-refractivity contribution in [3.63, 3.8) is 0 Å². The summed E-state index contributed by atoms with van der Waals surface area (Å²) < 4.78 is 1.10. The zero-order valence-corrected chi connectivity index (χ0v) is 12.5. The maximum absolute atomic E-state index is 4.58. The highest BCUT2D eigenvalue weighted by atomic mass is 32.1. The van der Waals surface area contributed by atoms with Gasteiger partial charge in [-0.25, -0.2) is 15.0 Å². The topological polar surface area (TPSA) is 79.4 Å². The van der Waals surface area contributed by atoms with Gasteiger partial charge in [0.1, 0.15) is 0 Å². The van der Waals surface area contributed by atoms with E-state index in [1.54, 1.807) is 36.0 Å². The monoisotopic (exact) mass is 298 g/mol. The number of rotatable bonds is 2. The SMILES string of the molecule is CC.c1cnc(Nc2nc3c(ccc4[nH]ncc43)s2)nc1. The zero-order chi connectivity index (χ0) is 14.7. The molecule has 6 nitrogen and oxygen atoms in total. The van der Waals surface area contributed by atoms with Crippen molar-refractivity contribution in [2.24, 2.45) is 0 Å². The molecule has 106 valence electrons. The molecule has 0 aliphatic carbocycles. The third-order valence-corrected chi connectivity index (χ3v) is 3.70. The Balaban J connectivity index is 0.000000636. The van der Waals surface area contributed by atoms with Crippen LogP contribution in [-0.2, 0) is 0 Å². The highest BCUT2D eigenvalue weighted by Crippen LogP contribution is 2.31. The van der Waals surface area contributed by atoms with Gasteiger partial charge in [0.25, 0.3) is 0 Å². The fraction of sp³-hybridized carbons (Fsp3) is 0.143. The Bertz CT molecular complexity index is 852. The van der Waals surface area contributed by atoms with Gasteiger partial charge < -0.3 is 5.32 Å². The number of fused-ring (bicyclic) bond motifs is 3. The fourth-order valence-electron chi connectivity index (χ4n) is 1.92. The Morgan fingerprint density at radius 2 is 1.95 bits per heavy atom. The summed E-state index contributed by atoms with van der Waals surface area (Å²) in [6, 6.07) is 5.81. The lowest BCUT2D eigenvalue weighted by Crippen LogP contribution is -1.94. The van der Waals surface area contributed by atoms with Crippen molar-refractivity contribution in [3.8, 4) is 0 Å². The first-order valence-corrected chi connectivity index (χ1v) is 7.48. The number of hydrogen-bond donors (Lipinski definition) is 2. The molecule has 0 radical (unpaired) electrons. The first-order valence-electron chi connectivity index (χ1n) is 6.67. The molecule has 0 aliphatic heterocycles. The largest absolute Gasteiger partial charge is 0.300 e. The van der Waals surface area contributed by atoms with Crippen molar-refractivity contribution >= 4 is 43.5 Å². The molecule has 3 aromatic heterocycles. The molecule has 2 N–H and O–H groups in total. The predicted octanol–water partition coefficient (Wildman–Crippen LogP) is 3.73. The van der Waals surface area contributed by atoms with Crippen LogP contribution in [0.5, 0.6) is 0 Å². The van der Waals surface area contributed by atoms with Gasteiger partial charge in [0.05, 0.1) is 21.9 Å². The summed E-state index contributed by atoms with van der Waals surface area (Å²) in [5.74, 6) is 0.546. The minimum Gasteiger partial charge on any atom is -0.300 e. The van der Waals surface area contributed by atoms with Gasteiger partial charge in [-0.3, -0.25) is 5.10 Å². The number of thiazole rings is 1. The minimum atomic E-state index is 0.546. The summed E-state index contributed by atoms with van der Waals surface area (Å²) in [5, 5.41) is 11.9. The van der Waals surface area contributed by atoms with Crippen LogP contribution in [0, 0.1) is 0 Å². The number of aromatic nitrogens is 5. The van der Waals surface area contributed by atoms with Crippen LogP contribution in [0.2, 0.25) is 0 Å². The highest BCUT2D eigenvalue weighted by Gasteiger charge is 2.09. The van der Waals surface area contributed by atoms with Gasteiger partial charge in [0, 0.05) is 17.8 Å². The van der Waals surface area contributed by atoms with Crippen molar-refractivity contribution in [1.82, 2.24) is 25.1 Å². The maximum atomic E-state index is 4.58. The van der Waals surface area contributed by atoms with Gasteiger partial charge in [-0.2, -0.15) is 5.10 Å². The van der Waals surface area contributed by atoms with Crippen molar-refractivity contribution in [2.45, 2.75) is 13.8 Å². The molecule has 3 heterocycles. The second-order valence-corrected chi connectivity index (χ2v) is 4.99. The van der Waals surface area contributed by atoms with E-state index in [-0.39, 0.29) is 0 Å². The van der Waals surface area contributed by atoms with E-state index in [1.807, 2.05) is 26.0 Å². The van der Waals surface area contributed by atoms with Crippen LogP contribution in [0.1, 0.15) is 13.8 Å². The van der Waals surface area contributed by atoms with Crippen LogP contribution in [-0.4, -0.2) is 25.1 Å². The summed E-state index contributed by atoms with van der Waals surface area (Å²) in [6.07, 6.45) is 5.17. The Morgan fingerprint density at radius 1 is 1.14 bits per heavy atom. The molecule has 7 heteroatoms. The lowest BCUT2D eigenvalue weighted by Gasteiger charge is -1.97. The summed E-state index contributed by atoms with van der Waals surface area (Å²) in [4.78, 5) is 12.8. The summed E-state index contributed by atoms with van der Waals surface area (Å²) in [7, 11) is 0. The first kappa shape index (κ1) is 13.4. The van der Waals surface area contributed by atoms with Crippen LogP contribution in [0.15, 0.2) is 36.8 Å². The average molecular weight is 298 g/mol. The second kappa shape index (κ2) is 5.84. The number of aromatic amines is 1. The van der Waals surface area contributed by atoms with Gasteiger partial charge in [0.15, 0.2) is 5.13 Å². The molecule has 21 heavy (non-hydrogen) atoms. The highest BCUT2D eigenvalue weighted by molar-refractivity contribution is 7.22. The summed E-state index contributed by atoms with van der Waals surface area (Å²) in [6.45, 7) is 4.00. The van der Waals surface area contributed by atoms with E-state index in [0.717, 1.165) is 26.3 Å². The van der Waals surface area contributed by atoms with Crippen LogP contribution in [0.4, 0.5) is 11.1 Å². The second-order valence-electron chi connectivity index (χ2n) is 3.96. The standard InChI is InChI=1S/C12H8N6S.C2H6/c1-4-13-11(14-5-1)17-12-16-10-7-6-15-18-8(7)2-3-9(10)19-12;1-2/h1-6H,(H,15,18)(H,13,14,16,17);1-2H3. The van der Waals surface area contributed by atoms with E-state index < -0.39 is 0 Å². The van der Waals surface area contributed by atoms with Crippen molar-refractivity contribution in [1.29, 1.82) is 0 Å². The number of hydrogen-bond acceptors (Lipinski definition) is 6. The van der Waals surface area contributed by atoms with Gasteiger partial charge in [-0.1, -0.05) is 25.2 Å². The molecule has 0 fully saturated rings. The number of H-pyrrole nitrogens is 1. The molecule has 0 unspecified atom stereocenters. The summed E-state index contributed by atoms with van der Waals surface area (Å²) >= 11 is 1.57. The number of nitrogens with one attached hydrogen (secondary N) is 2. The zero-order valence-electron chi connectivity index (χ0n) is 11.7. The maximum Gasteiger partial charge on any atom is 0.228 e. The van der Waals surface area contributed by atoms with Gasteiger partial charge in [0.2, 0.25) is 5.95 Å². The Morgan fingerprint density at radius 3 is 2.76 bits per heavy atom. The minimum absolute atomic E-state index is 0.546. The molecule has 0 saturated heterocycles. The lowest BCUT2D eigenvalue weighted by atomic mass is 10.2. The Hall–Kier alpha value is -2.54.